The molecule has 2 aliphatic carbocycles. The van der Waals surface area contributed by atoms with Crippen molar-refractivity contribution in [2.75, 3.05) is 4.90 Å². The maximum atomic E-state index is 13.2. The van der Waals surface area contributed by atoms with Crippen LogP contribution < -0.4 is 4.90 Å². The van der Waals surface area contributed by atoms with E-state index in [0.29, 0.717) is 5.56 Å². The second kappa shape index (κ2) is 18.9. The van der Waals surface area contributed by atoms with E-state index >= 15 is 0 Å². The number of benzene rings is 1. The summed E-state index contributed by atoms with van der Waals surface area (Å²) < 4.78 is 26.4. The highest BCUT2D eigenvalue weighted by Crippen LogP contribution is 2.43. The number of halogens is 2. The van der Waals surface area contributed by atoms with Crippen molar-refractivity contribution in [1.29, 1.82) is 0 Å². The van der Waals surface area contributed by atoms with Crippen molar-refractivity contribution in [2.24, 2.45) is 5.92 Å². The van der Waals surface area contributed by atoms with E-state index in [1.54, 1.807) is 17.7 Å². The van der Waals surface area contributed by atoms with Crippen molar-refractivity contribution < 1.29 is 8.78 Å². The highest BCUT2D eigenvalue weighted by molar-refractivity contribution is 5.58. The highest BCUT2D eigenvalue weighted by atomic mass is 19.3. The van der Waals surface area contributed by atoms with Gasteiger partial charge < -0.3 is 4.90 Å². The molecule has 1 aromatic carbocycles. The normalized spacial score (nSPS) is 16.1. The fraction of sp³-hybridized carbons (Fsp3) is 0.579. The molecule has 0 unspecified atom stereocenters. The number of rotatable bonds is 8. The van der Waals surface area contributed by atoms with Crippen molar-refractivity contribution >= 4 is 5.69 Å². The van der Waals surface area contributed by atoms with Gasteiger partial charge in [0.15, 0.2) is 0 Å². The van der Waals surface area contributed by atoms with E-state index in [0.717, 1.165) is 49.1 Å². The van der Waals surface area contributed by atoms with Crippen molar-refractivity contribution in [3.63, 3.8) is 0 Å². The average Bonchev–Trinajstić information content (AvgIpc) is 2.92. The highest BCUT2D eigenvalue weighted by Gasteiger charge is 2.39. The van der Waals surface area contributed by atoms with Crippen LogP contribution >= 0.6 is 0 Å². The van der Waals surface area contributed by atoms with Crippen LogP contribution in [0.5, 0.6) is 0 Å². The van der Waals surface area contributed by atoms with Crippen molar-refractivity contribution in [3.8, 4) is 0 Å². The smallest absolute Gasteiger partial charge is 0.249 e. The fourth-order valence-corrected chi connectivity index (χ4v) is 5.69. The molecule has 2 aliphatic rings. The summed E-state index contributed by atoms with van der Waals surface area (Å²) in [6.45, 7) is 32.1. The van der Waals surface area contributed by atoms with Gasteiger partial charge in [-0.3, -0.25) is 0 Å². The van der Waals surface area contributed by atoms with Crippen LogP contribution in [0.2, 0.25) is 0 Å². The monoisotopic (exact) mass is 569 g/mol. The Morgan fingerprint density at radius 1 is 1.02 bits per heavy atom. The van der Waals surface area contributed by atoms with Crippen LogP contribution in [-0.4, -0.2) is 11.5 Å². The summed E-state index contributed by atoms with van der Waals surface area (Å²) in [5.74, 6) is -1.95. The molecule has 3 heteroatoms. The Kier molecular flexibility index (Phi) is 17.8. The van der Waals surface area contributed by atoms with E-state index in [9.17, 15) is 8.78 Å². The SMILES string of the molecule is C=C(C)N(c1ccc(CC(C)(F)F)cc1)C1(C(=C)C)CCCCC1.C=CCC.CC.CC1=CCCC(C(C)C)=C1C. The Balaban J connectivity index is 0.000000778. The molecule has 0 spiro atoms. The number of alkyl halides is 2. The summed E-state index contributed by atoms with van der Waals surface area (Å²) in [4.78, 5) is 2.27. The van der Waals surface area contributed by atoms with Crippen LogP contribution in [0.25, 0.3) is 0 Å². The first kappa shape index (κ1) is 38.6. The standard InChI is InChI=1S/C21H29F2N.C11H18.C4H8.C2H6/c1-16(2)21(13-7-6-8-14-21)24(17(3)4)19-11-9-18(10-12-19)15-20(5,22)23;1-8(2)11-7-5-6-9(3)10(11)4;1-3-4-2;1-2/h9-12H,1,3,6-8,13-15H2,2,4-5H3;6,8H,5,7H2,1-4H3;3H,1,4H2,2H3;1-2H3. The van der Waals surface area contributed by atoms with E-state index in [4.69, 9.17) is 0 Å². The molecule has 0 atom stereocenters. The molecule has 0 saturated heterocycles. The van der Waals surface area contributed by atoms with E-state index in [2.05, 4.69) is 72.3 Å². The number of hydrogen-bond donors (Lipinski definition) is 0. The first-order valence-corrected chi connectivity index (χ1v) is 15.8. The number of allylic oxidation sites excluding steroid dienone is 6. The third-order valence-corrected chi connectivity index (χ3v) is 7.92. The van der Waals surface area contributed by atoms with Crippen LogP contribution in [0, 0.1) is 5.92 Å². The molecule has 1 fully saturated rings. The largest absolute Gasteiger partial charge is 0.336 e. The molecule has 41 heavy (non-hydrogen) atoms. The Hall–Kier alpha value is -2.42. The predicted octanol–water partition coefficient (Wildman–Crippen LogP) is 12.8. The van der Waals surface area contributed by atoms with E-state index in [-0.39, 0.29) is 12.0 Å². The molecule has 232 valence electrons. The first-order valence-electron chi connectivity index (χ1n) is 15.8. The molecule has 0 N–H and O–H groups in total. The molecule has 0 aliphatic heterocycles. The maximum Gasteiger partial charge on any atom is 0.249 e. The van der Waals surface area contributed by atoms with Gasteiger partial charge in [0.25, 0.3) is 0 Å². The van der Waals surface area contributed by atoms with Gasteiger partial charge in [-0.1, -0.05) is 108 Å². The Morgan fingerprint density at radius 3 is 1.90 bits per heavy atom. The summed E-state index contributed by atoms with van der Waals surface area (Å²) in [6.07, 6.45) is 13.3. The Bertz CT molecular complexity index is 996. The molecular weight excluding hydrogens is 508 g/mol. The summed E-state index contributed by atoms with van der Waals surface area (Å²) in [5, 5.41) is 0. The van der Waals surface area contributed by atoms with Crippen LogP contribution in [0.3, 0.4) is 0 Å². The molecule has 0 bridgehead atoms. The van der Waals surface area contributed by atoms with Crippen LogP contribution in [0.4, 0.5) is 14.5 Å². The van der Waals surface area contributed by atoms with Gasteiger partial charge in [0.2, 0.25) is 5.92 Å². The molecule has 1 saturated carbocycles. The van der Waals surface area contributed by atoms with Gasteiger partial charge in [0.1, 0.15) is 0 Å². The molecular formula is C38H61F2N. The zero-order valence-electron chi connectivity index (χ0n) is 28.2. The predicted molar refractivity (Wildman–Crippen MR) is 181 cm³/mol. The summed E-state index contributed by atoms with van der Waals surface area (Å²) in [6, 6.07) is 7.49. The second-order valence-electron chi connectivity index (χ2n) is 11.8. The van der Waals surface area contributed by atoms with Crippen LogP contribution in [0.15, 0.2) is 84.1 Å². The van der Waals surface area contributed by atoms with Gasteiger partial charge in [-0.15, -0.1) is 6.58 Å². The third kappa shape index (κ3) is 12.5. The third-order valence-electron chi connectivity index (χ3n) is 7.92. The minimum atomic E-state index is -2.68. The number of hydrogen-bond acceptors (Lipinski definition) is 1. The average molecular weight is 570 g/mol. The van der Waals surface area contributed by atoms with Gasteiger partial charge >= 0.3 is 0 Å². The lowest BCUT2D eigenvalue weighted by molar-refractivity contribution is 0.0226. The van der Waals surface area contributed by atoms with Crippen molar-refractivity contribution in [1.82, 2.24) is 0 Å². The summed E-state index contributed by atoms with van der Waals surface area (Å²) in [5.41, 5.74) is 8.34. The molecule has 1 aromatic rings. The lowest BCUT2D eigenvalue weighted by Crippen LogP contribution is -2.50. The second-order valence-corrected chi connectivity index (χ2v) is 11.8. The maximum absolute atomic E-state index is 13.2. The first-order chi connectivity index (χ1) is 19.2. The van der Waals surface area contributed by atoms with Crippen molar-refractivity contribution in [3.05, 3.63) is 89.7 Å². The van der Waals surface area contributed by atoms with Gasteiger partial charge in [-0.05, 0) is 95.9 Å². The fourth-order valence-electron chi connectivity index (χ4n) is 5.69. The van der Waals surface area contributed by atoms with Gasteiger partial charge in [0, 0.05) is 17.8 Å². The van der Waals surface area contributed by atoms with E-state index in [1.165, 1.54) is 43.3 Å². The molecule has 0 radical (unpaired) electrons. The minimum absolute atomic E-state index is 0.111. The lowest BCUT2D eigenvalue weighted by Gasteiger charge is -2.49. The lowest BCUT2D eigenvalue weighted by atomic mass is 9.75. The molecule has 3 rings (SSSR count). The topological polar surface area (TPSA) is 3.24 Å². The van der Waals surface area contributed by atoms with Gasteiger partial charge in [-0.25, -0.2) is 8.78 Å². The van der Waals surface area contributed by atoms with E-state index in [1.807, 2.05) is 39.0 Å². The molecule has 0 amide bonds. The minimum Gasteiger partial charge on any atom is -0.336 e. The Labute approximate surface area is 253 Å². The number of nitrogens with zero attached hydrogens (tertiary/aromatic N) is 1. The molecule has 1 nitrogen and oxygen atoms in total. The quantitative estimate of drug-likeness (QED) is 0.281. The zero-order valence-corrected chi connectivity index (χ0v) is 28.2. The Morgan fingerprint density at radius 2 is 1.54 bits per heavy atom. The summed E-state index contributed by atoms with van der Waals surface area (Å²) in [7, 11) is 0. The molecule has 0 aromatic heterocycles. The van der Waals surface area contributed by atoms with E-state index < -0.39 is 5.92 Å². The van der Waals surface area contributed by atoms with Gasteiger partial charge in [-0.2, -0.15) is 0 Å². The number of anilines is 1. The van der Waals surface area contributed by atoms with Crippen LogP contribution in [0.1, 0.15) is 126 Å². The summed E-state index contributed by atoms with van der Waals surface area (Å²) >= 11 is 0. The molecule has 0 heterocycles. The van der Waals surface area contributed by atoms with Crippen LogP contribution in [-0.2, 0) is 6.42 Å². The van der Waals surface area contributed by atoms with Gasteiger partial charge in [0.05, 0.1) is 5.54 Å². The van der Waals surface area contributed by atoms with Crippen molar-refractivity contribution in [2.45, 2.75) is 138 Å². The zero-order chi connectivity index (χ0) is 31.8.